The Morgan fingerprint density at radius 2 is 1.60 bits per heavy atom. The molecular formula is C45H53N5O6S. The van der Waals surface area contributed by atoms with Gasteiger partial charge < -0.3 is 34.9 Å². The SMILES string of the molecule is COc1cc(Cc2cc(Oc3ccc(NC(=O)Nc4cc(C(C)(C)C)cc(NS(C)=O)c4OC)c4ccccc34)ccn2)ccc1C(=O)CCCC1CCNCC1. The third-order valence-electron chi connectivity index (χ3n) is 10.2. The molecule has 12 heteroatoms. The average molecular weight is 792 g/mol. The molecular weight excluding hydrogens is 739 g/mol. The predicted molar refractivity (Wildman–Crippen MR) is 230 cm³/mol. The second-order valence-corrected chi connectivity index (χ2v) is 16.6. The van der Waals surface area contributed by atoms with Crippen LogP contribution >= 0.6 is 0 Å². The summed E-state index contributed by atoms with van der Waals surface area (Å²) in [5.74, 6) is 2.99. The summed E-state index contributed by atoms with van der Waals surface area (Å²) in [6, 6.07) is 24.1. The minimum atomic E-state index is -1.36. The van der Waals surface area contributed by atoms with Crippen LogP contribution in [0.25, 0.3) is 10.8 Å². The van der Waals surface area contributed by atoms with Crippen LogP contribution in [0.1, 0.15) is 80.1 Å². The van der Waals surface area contributed by atoms with Crippen LogP contribution in [0.5, 0.6) is 23.0 Å². The van der Waals surface area contributed by atoms with E-state index in [2.05, 4.69) is 46.4 Å². The summed E-state index contributed by atoms with van der Waals surface area (Å²) < 4.78 is 32.8. The summed E-state index contributed by atoms with van der Waals surface area (Å²) >= 11 is 0. The monoisotopic (exact) mass is 791 g/mol. The molecule has 0 saturated carbocycles. The highest BCUT2D eigenvalue weighted by Gasteiger charge is 2.22. The summed E-state index contributed by atoms with van der Waals surface area (Å²) in [6.45, 7) is 8.32. The summed E-state index contributed by atoms with van der Waals surface area (Å²) in [5.41, 5.74) is 4.60. The molecule has 1 aromatic heterocycles. The maximum absolute atomic E-state index is 13.5. The zero-order chi connectivity index (χ0) is 40.5. The predicted octanol–water partition coefficient (Wildman–Crippen LogP) is 9.63. The number of Topliss-reactive ketones (excluding diaryl/α,β-unsaturated/α-hetero) is 1. The van der Waals surface area contributed by atoms with Gasteiger partial charge in [-0.25, -0.2) is 9.00 Å². The van der Waals surface area contributed by atoms with E-state index in [0.717, 1.165) is 53.5 Å². The van der Waals surface area contributed by atoms with Crippen LogP contribution in [-0.4, -0.2) is 54.6 Å². The Kier molecular flexibility index (Phi) is 13.5. The molecule has 57 heavy (non-hydrogen) atoms. The Hall–Kier alpha value is -5.46. The van der Waals surface area contributed by atoms with E-state index in [0.29, 0.717) is 64.4 Å². The first kappa shape index (κ1) is 41.2. The minimum Gasteiger partial charge on any atom is -0.496 e. The second kappa shape index (κ2) is 18.7. The number of ether oxygens (including phenoxy) is 3. The van der Waals surface area contributed by atoms with E-state index in [1.807, 2.05) is 66.7 Å². The van der Waals surface area contributed by atoms with Crippen molar-refractivity contribution in [2.75, 3.05) is 48.9 Å². The number of amides is 2. The van der Waals surface area contributed by atoms with Gasteiger partial charge in [0.25, 0.3) is 0 Å². The lowest BCUT2D eigenvalue weighted by Gasteiger charge is -2.24. The molecule has 0 radical (unpaired) electrons. The fraction of sp³-hybridized carbons (Fsp3) is 0.356. The van der Waals surface area contributed by atoms with Crippen molar-refractivity contribution in [3.8, 4) is 23.0 Å². The Morgan fingerprint density at radius 1 is 0.860 bits per heavy atom. The van der Waals surface area contributed by atoms with Crippen LogP contribution in [0, 0.1) is 5.92 Å². The second-order valence-electron chi connectivity index (χ2n) is 15.5. The maximum atomic E-state index is 13.5. The molecule has 1 saturated heterocycles. The lowest BCUT2D eigenvalue weighted by molar-refractivity contribution is 0.0974. The van der Waals surface area contributed by atoms with Crippen molar-refractivity contribution >= 4 is 50.6 Å². The molecule has 2 amide bonds. The lowest BCUT2D eigenvalue weighted by Crippen LogP contribution is -2.27. The van der Waals surface area contributed by atoms with Gasteiger partial charge >= 0.3 is 6.03 Å². The van der Waals surface area contributed by atoms with Gasteiger partial charge in [-0.1, -0.05) is 51.1 Å². The van der Waals surface area contributed by atoms with Crippen molar-refractivity contribution < 1.29 is 28.0 Å². The molecule has 0 spiro atoms. The lowest BCUT2D eigenvalue weighted by atomic mass is 9.86. The van der Waals surface area contributed by atoms with Crippen LogP contribution in [0.3, 0.4) is 0 Å². The van der Waals surface area contributed by atoms with E-state index >= 15 is 0 Å². The van der Waals surface area contributed by atoms with Crippen molar-refractivity contribution in [3.63, 3.8) is 0 Å². The largest absolute Gasteiger partial charge is 0.496 e. The number of carbonyl (C=O) groups excluding carboxylic acids is 2. The summed E-state index contributed by atoms with van der Waals surface area (Å²) in [5, 5.41) is 10.9. The van der Waals surface area contributed by atoms with Gasteiger partial charge in [0.2, 0.25) is 0 Å². The standard InChI is InChI=1S/C45H53N5O6S/c1-45(2,3)31-26-38(43(55-5)39(27-31)50-57(6)53)49-44(52)48-37-16-17-41(35-12-8-7-11-34(35)37)56-33-20-23-47-32(28-33)24-30-14-15-36(42(25-30)54-4)40(51)13-9-10-29-18-21-46-22-19-29/h7-8,11-12,14-17,20,23,25-29,46,50H,9-10,13,18-19,21-22,24H2,1-6H3,(H2,48,49,52). The third-order valence-corrected chi connectivity index (χ3v) is 10.7. The van der Waals surface area contributed by atoms with Crippen molar-refractivity contribution in [2.45, 2.75) is 64.7 Å². The van der Waals surface area contributed by atoms with Gasteiger partial charge in [-0.05, 0) is 104 Å². The van der Waals surface area contributed by atoms with Gasteiger partial charge in [0, 0.05) is 47.8 Å². The number of fused-ring (bicyclic) bond motifs is 1. The quantitative estimate of drug-likeness (QED) is 0.0769. The first-order chi connectivity index (χ1) is 27.4. The summed E-state index contributed by atoms with van der Waals surface area (Å²) in [4.78, 5) is 31.3. The number of ketones is 1. The van der Waals surface area contributed by atoms with E-state index in [1.165, 1.54) is 26.2 Å². The van der Waals surface area contributed by atoms with Gasteiger partial charge in [-0.15, -0.1) is 0 Å². The Bertz CT molecular complexity index is 2250. The molecule has 0 aliphatic carbocycles. The molecule has 1 aliphatic rings. The molecule has 4 aromatic carbocycles. The van der Waals surface area contributed by atoms with Crippen molar-refractivity contribution in [1.29, 1.82) is 0 Å². The molecule has 1 atom stereocenters. The number of nitrogens with one attached hydrogen (secondary N) is 4. The number of piperidine rings is 1. The molecule has 1 aliphatic heterocycles. The topological polar surface area (TPSA) is 140 Å². The Labute approximate surface area is 337 Å². The highest BCUT2D eigenvalue weighted by Crippen LogP contribution is 2.40. The molecule has 5 aromatic rings. The number of urea groups is 1. The van der Waals surface area contributed by atoms with Crippen molar-refractivity contribution in [1.82, 2.24) is 10.3 Å². The molecule has 4 N–H and O–H groups in total. The molecule has 1 unspecified atom stereocenters. The van der Waals surface area contributed by atoms with Crippen molar-refractivity contribution in [3.05, 3.63) is 107 Å². The van der Waals surface area contributed by atoms with Crippen LogP contribution in [0.4, 0.5) is 21.9 Å². The van der Waals surface area contributed by atoms with Crippen LogP contribution in [-0.2, 0) is 22.8 Å². The van der Waals surface area contributed by atoms with E-state index < -0.39 is 17.0 Å². The number of hydrogen-bond donors (Lipinski definition) is 4. The molecule has 1 fully saturated rings. The number of anilines is 3. The van der Waals surface area contributed by atoms with Gasteiger partial charge in [-0.3, -0.25) is 9.78 Å². The van der Waals surface area contributed by atoms with Gasteiger partial charge in [-0.2, -0.15) is 0 Å². The molecule has 0 bridgehead atoms. The number of methoxy groups -OCH3 is 2. The fourth-order valence-corrected chi connectivity index (χ4v) is 7.70. The fourth-order valence-electron chi connectivity index (χ4n) is 7.24. The van der Waals surface area contributed by atoms with E-state index in [-0.39, 0.29) is 11.2 Å². The minimum absolute atomic E-state index is 0.110. The number of carbonyl (C=O) groups is 2. The first-order valence-electron chi connectivity index (χ1n) is 19.4. The Balaban J connectivity index is 1.14. The van der Waals surface area contributed by atoms with E-state index in [9.17, 15) is 13.8 Å². The normalized spacial score (nSPS) is 13.8. The van der Waals surface area contributed by atoms with Gasteiger partial charge in [0.15, 0.2) is 11.5 Å². The average Bonchev–Trinajstić information content (AvgIpc) is 3.18. The first-order valence-corrected chi connectivity index (χ1v) is 20.9. The smallest absolute Gasteiger partial charge is 0.323 e. The number of hydrogen-bond acceptors (Lipinski definition) is 8. The molecule has 6 rings (SSSR count). The zero-order valence-corrected chi connectivity index (χ0v) is 34.4. The highest BCUT2D eigenvalue weighted by atomic mass is 32.2. The summed E-state index contributed by atoms with van der Waals surface area (Å²) in [7, 11) is 1.75. The van der Waals surface area contributed by atoms with Crippen molar-refractivity contribution in [2.24, 2.45) is 5.92 Å². The van der Waals surface area contributed by atoms with Crippen LogP contribution in [0.15, 0.2) is 85.1 Å². The number of rotatable bonds is 15. The maximum Gasteiger partial charge on any atom is 0.323 e. The zero-order valence-electron chi connectivity index (χ0n) is 33.6. The summed E-state index contributed by atoms with van der Waals surface area (Å²) in [6.07, 6.45) is 8.63. The molecule has 11 nitrogen and oxygen atoms in total. The van der Waals surface area contributed by atoms with E-state index in [1.54, 1.807) is 25.4 Å². The highest BCUT2D eigenvalue weighted by molar-refractivity contribution is 7.85. The molecule has 2 heterocycles. The molecule has 300 valence electrons. The van der Waals surface area contributed by atoms with Gasteiger partial charge in [0.1, 0.15) is 28.2 Å². The van der Waals surface area contributed by atoms with Crippen LogP contribution in [0.2, 0.25) is 0 Å². The third kappa shape index (κ3) is 10.7. The van der Waals surface area contributed by atoms with Crippen LogP contribution < -0.4 is 34.9 Å². The number of benzene rings is 4. The number of nitrogens with zero attached hydrogens (tertiary/aromatic N) is 1. The van der Waals surface area contributed by atoms with E-state index in [4.69, 9.17) is 14.2 Å². The number of aromatic nitrogens is 1. The number of pyridine rings is 1. The van der Waals surface area contributed by atoms with Gasteiger partial charge in [0.05, 0.1) is 36.8 Å². The Morgan fingerprint density at radius 3 is 2.32 bits per heavy atom.